The van der Waals surface area contributed by atoms with Gasteiger partial charge in [0.25, 0.3) is 0 Å². The summed E-state index contributed by atoms with van der Waals surface area (Å²) in [7, 11) is 0. The number of para-hydroxylation sites is 1. The molecule has 0 fully saturated rings. The van der Waals surface area contributed by atoms with Gasteiger partial charge < -0.3 is 11.5 Å². The lowest BCUT2D eigenvalue weighted by Crippen LogP contribution is -2.30. The molecular formula is C14H18N4OS. The van der Waals surface area contributed by atoms with E-state index in [-0.39, 0.29) is 5.78 Å². The Morgan fingerprint density at radius 3 is 2.90 bits per heavy atom. The predicted molar refractivity (Wildman–Crippen MR) is 83.3 cm³/mol. The molecule has 0 saturated carbocycles. The predicted octanol–water partition coefficient (Wildman–Crippen LogP) is 1.96. The first-order chi connectivity index (χ1) is 9.58. The highest BCUT2D eigenvalue weighted by Gasteiger charge is 2.19. The van der Waals surface area contributed by atoms with Gasteiger partial charge in [0.1, 0.15) is 0 Å². The maximum atomic E-state index is 12.2. The smallest absolute Gasteiger partial charge is 0.208 e. The van der Waals surface area contributed by atoms with Crippen molar-refractivity contribution in [1.82, 2.24) is 4.98 Å². The Bertz CT molecular complexity index is 598. The van der Waals surface area contributed by atoms with Crippen LogP contribution in [0.25, 0.3) is 10.2 Å². The number of carbonyl (C=O) groups excluding carboxylic acids is 1. The van der Waals surface area contributed by atoms with Gasteiger partial charge in [0.05, 0.1) is 22.1 Å². The van der Waals surface area contributed by atoms with Crippen LogP contribution in [0.5, 0.6) is 0 Å². The Morgan fingerprint density at radius 2 is 2.20 bits per heavy atom. The van der Waals surface area contributed by atoms with Crippen LogP contribution in [0.1, 0.15) is 29.6 Å². The van der Waals surface area contributed by atoms with Gasteiger partial charge in [-0.15, -0.1) is 11.3 Å². The monoisotopic (exact) mass is 290 g/mol. The molecule has 6 heteroatoms. The Hall–Kier alpha value is -1.79. The van der Waals surface area contributed by atoms with Crippen molar-refractivity contribution in [3.8, 4) is 0 Å². The maximum Gasteiger partial charge on any atom is 0.208 e. The number of fused-ring (bicyclic) bond motifs is 1. The lowest BCUT2D eigenvalue weighted by molar-refractivity contribution is 0.0956. The van der Waals surface area contributed by atoms with Crippen molar-refractivity contribution in [2.24, 2.45) is 16.5 Å². The third-order valence-corrected chi connectivity index (χ3v) is 3.93. The molecule has 0 amide bonds. The summed E-state index contributed by atoms with van der Waals surface area (Å²) >= 11 is 1.39. The zero-order valence-electron chi connectivity index (χ0n) is 11.4. The zero-order chi connectivity index (χ0) is 14.5. The highest BCUT2D eigenvalue weighted by atomic mass is 32.1. The molecule has 0 saturated heterocycles. The van der Waals surface area contributed by atoms with Crippen LogP contribution in [0.2, 0.25) is 0 Å². The number of benzene rings is 1. The van der Waals surface area contributed by atoms with E-state index in [1.165, 1.54) is 11.3 Å². The molecule has 0 spiro atoms. The van der Waals surface area contributed by atoms with Crippen molar-refractivity contribution in [1.29, 1.82) is 0 Å². The maximum absolute atomic E-state index is 12.2. The second kappa shape index (κ2) is 6.58. The van der Waals surface area contributed by atoms with Gasteiger partial charge in [0.15, 0.2) is 5.01 Å². The zero-order valence-corrected chi connectivity index (χ0v) is 12.2. The summed E-state index contributed by atoms with van der Waals surface area (Å²) < 4.78 is 1.01. The molecule has 0 aliphatic rings. The number of carbonyl (C=O) groups is 1. The SMILES string of the molecule is CC(N)=NCCCC(N)C(=O)c1nc2ccccc2s1. The van der Waals surface area contributed by atoms with Gasteiger partial charge in [-0.2, -0.15) is 0 Å². The van der Waals surface area contributed by atoms with Gasteiger partial charge in [-0.25, -0.2) is 4.98 Å². The van der Waals surface area contributed by atoms with Crippen LogP contribution < -0.4 is 11.5 Å². The number of Topliss-reactive ketones (excluding diaryl/α,β-unsaturated/α-hetero) is 1. The number of amidine groups is 1. The Kier molecular flexibility index (Phi) is 4.81. The first kappa shape index (κ1) is 14.6. The van der Waals surface area contributed by atoms with E-state index in [1.807, 2.05) is 24.3 Å². The van der Waals surface area contributed by atoms with E-state index in [9.17, 15) is 4.79 Å². The van der Waals surface area contributed by atoms with Crippen LogP contribution in [0.15, 0.2) is 29.3 Å². The van der Waals surface area contributed by atoms with Crippen LogP contribution in [-0.2, 0) is 0 Å². The molecule has 5 nitrogen and oxygen atoms in total. The van der Waals surface area contributed by atoms with Gasteiger partial charge in [0, 0.05) is 6.54 Å². The van der Waals surface area contributed by atoms with Gasteiger partial charge in [0.2, 0.25) is 5.78 Å². The summed E-state index contributed by atoms with van der Waals surface area (Å²) in [6.07, 6.45) is 1.33. The van der Waals surface area contributed by atoms with Crippen LogP contribution in [0.4, 0.5) is 0 Å². The molecule has 1 aromatic carbocycles. The van der Waals surface area contributed by atoms with Crippen molar-refractivity contribution < 1.29 is 4.79 Å². The number of nitrogens with zero attached hydrogens (tertiary/aromatic N) is 2. The molecule has 1 atom stereocenters. The van der Waals surface area contributed by atoms with Crippen molar-refractivity contribution in [2.45, 2.75) is 25.8 Å². The lowest BCUT2D eigenvalue weighted by atomic mass is 10.1. The van der Waals surface area contributed by atoms with Crippen molar-refractivity contribution >= 4 is 33.2 Å². The third-order valence-electron chi connectivity index (χ3n) is 2.88. The molecule has 0 aliphatic carbocycles. The summed E-state index contributed by atoms with van der Waals surface area (Å²) in [5.41, 5.74) is 12.2. The fourth-order valence-corrected chi connectivity index (χ4v) is 2.80. The summed E-state index contributed by atoms with van der Waals surface area (Å²) in [4.78, 5) is 20.6. The Balaban J connectivity index is 1.97. The Labute approximate surface area is 121 Å². The van der Waals surface area contributed by atoms with Gasteiger partial charge >= 0.3 is 0 Å². The van der Waals surface area contributed by atoms with E-state index >= 15 is 0 Å². The molecule has 106 valence electrons. The van der Waals surface area contributed by atoms with Crippen molar-refractivity contribution in [3.63, 3.8) is 0 Å². The molecular weight excluding hydrogens is 272 g/mol. The first-order valence-corrected chi connectivity index (χ1v) is 7.31. The molecule has 20 heavy (non-hydrogen) atoms. The summed E-state index contributed by atoms with van der Waals surface area (Å²) in [6.45, 7) is 2.34. The van der Waals surface area contributed by atoms with Crippen LogP contribution in [-0.4, -0.2) is 29.2 Å². The summed E-state index contributed by atoms with van der Waals surface area (Å²) in [5.74, 6) is 0.454. The van der Waals surface area contributed by atoms with Gasteiger partial charge in [-0.1, -0.05) is 12.1 Å². The quantitative estimate of drug-likeness (QED) is 0.368. The minimum atomic E-state index is -0.524. The second-order valence-electron chi connectivity index (χ2n) is 4.62. The lowest BCUT2D eigenvalue weighted by Gasteiger charge is -2.07. The molecule has 2 rings (SSSR count). The first-order valence-electron chi connectivity index (χ1n) is 6.50. The molecule has 0 aliphatic heterocycles. The topological polar surface area (TPSA) is 94.4 Å². The normalized spacial score (nSPS) is 13.6. The number of aliphatic imine (C=N–C) groups is 1. The van der Waals surface area contributed by atoms with E-state index in [0.717, 1.165) is 16.6 Å². The molecule has 2 aromatic rings. The fourth-order valence-electron chi connectivity index (χ4n) is 1.83. The van der Waals surface area contributed by atoms with Crippen molar-refractivity contribution in [3.05, 3.63) is 29.3 Å². The van der Waals surface area contributed by atoms with E-state index < -0.39 is 6.04 Å². The highest BCUT2D eigenvalue weighted by Crippen LogP contribution is 2.22. The standard InChI is InChI=1S/C14H18N4OS/c1-9(15)17-8-4-5-10(16)13(19)14-18-11-6-2-3-7-12(11)20-14/h2-3,6-7,10H,4-5,8,16H2,1H3,(H2,15,17). The Morgan fingerprint density at radius 1 is 1.45 bits per heavy atom. The van der Waals surface area contributed by atoms with E-state index in [0.29, 0.717) is 23.8 Å². The molecule has 0 bridgehead atoms. The molecule has 1 unspecified atom stereocenters. The highest BCUT2D eigenvalue weighted by molar-refractivity contribution is 7.20. The number of thiazole rings is 1. The van der Waals surface area contributed by atoms with Crippen LogP contribution >= 0.6 is 11.3 Å². The molecule has 1 heterocycles. The van der Waals surface area contributed by atoms with Crippen molar-refractivity contribution in [2.75, 3.05) is 6.54 Å². The number of rotatable bonds is 6. The van der Waals surface area contributed by atoms with Crippen LogP contribution in [0.3, 0.4) is 0 Å². The van der Waals surface area contributed by atoms with E-state index in [1.54, 1.807) is 6.92 Å². The summed E-state index contributed by atoms with van der Waals surface area (Å²) in [5, 5.41) is 0.484. The number of hydrogen-bond donors (Lipinski definition) is 2. The largest absolute Gasteiger partial charge is 0.388 e. The van der Waals surface area contributed by atoms with Gasteiger partial charge in [-0.3, -0.25) is 9.79 Å². The van der Waals surface area contributed by atoms with Gasteiger partial charge in [-0.05, 0) is 31.9 Å². The number of ketones is 1. The summed E-state index contributed by atoms with van der Waals surface area (Å²) in [6, 6.07) is 7.16. The van der Waals surface area contributed by atoms with Crippen LogP contribution in [0, 0.1) is 0 Å². The number of nitrogens with two attached hydrogens (primary N) is 2. The molecule has 0 radical (unpaired) electrons. The van der Waals surface area contributed by atoms with E-state index in [2.05, 4.69) is 9.98 Å². The van der Waals surface area contributed by atoms with E-state index in [4.69, 9.17) is 11.5 Å². The minimum Gasteiger partial charge on any atom is -0.388 e. The average molecular weight is 290 g/mol. The number of aromatic nitrogens is 1. The molecule has 4 N–H and O–H groups in total. The molecule has 1 aromatic heterocycles. The second-order valence-corrected chi connectivity index (χ2v) is 5.65. The third kappa shape index (κ3) is 3.61. The average Bonchev–Trinajstić information content (AvgIpc) is 2.86. The number of hydrogen-bond acceptors (Lipinski definition) is 5. The minimum absolute atomic E-state index is 0.0975. The fraction of sp³-hybridized carbons (Fsp3) is 0.357.